The largest absolute Gasteiger partial charge is 0.0985 e. The molecule has 0 heterocycles. The summed E-state index contributed by atoms with van der Waals surface area (Å²) in [6.45, 7) is 9.91. The fraction of sp³-hybridized carbons (Fsp3) is 0.200. The summed E-state index contributed by atoms with van der Waals surface area (Å²) in [6.07, 6.45) is 6.28. The van der Waals surface area contributed by atoms with Crippen LogP contribution in [0.1, 0.15) is 23.1 Å². The molecule has 2 rings (SSSR count). The van der Waals surface area contributed by atoms with Crippen LogP contribution in [0.3, 0.4) is 0 Å². The Morgan fingerprint density at radius 1 is 1.33 bits per heavy atom. The van der Waals surface area contributed by atoms with Gasteiger partial charge in [0.1, 0.15) is 0 Å². The van der Waals surface area contributed by atoms with Crippen molar-refractivity contribution in [3.05, 3.63) is 65.3 Å². The first-order chi connectivity index (χ1) is 7.20. The Hall–Kier alpha value is -1.56. The van der Waals surface area contributed by atoms with Crippen molar-refractivity contribution in [2.75, 3.05) is 0 Å². The SMILES string of the molecule is C=CC(=C)C1=Cc2ccc(C)cc2CC1. The van der Waals surface area contributed by atoms with E-state index in [4.69, 9.17) is 0 Å². The van der Waals surface area contributed by atoms with Gasteiger partial charge in [0.05, 0.1) is 0 Å². The Kier molecular flexibility index (Phi) is 2.59. The van der Waals surface area contributed by atoms with Crippen molar-refractivity contribution in [2.24, 2.45) is 0 Å². The summed E-state index contributed by atoms with van der Waals surface area (Å²) in [5.74, 6) is 0. The average Bonchev–Trinajstić information content (AvgIpc) is 2.27. The number of benzene rings is 1. The lowest BCUT2D eigenvalue weighted by atomic mass is 9.88. The van der Waals surface area contributed by atoms with Crippen LogP contribution in [0.4, 0.5) is 0 Å². The van der Waals surface area contributed by atoms with Crippen LogP contribution in [0, 0.1) is 6.92 Å². The monoisotopic (exact) mass is 196 g/mol. The maximum atomic E-state index is 4.00. The molecule has 0 nitrogen and oxygen atoms in total. The third-order valence-corrected chi connectivity index (χ3v) is 2.95. The van der Waals surface area contributed by atoms with Crippen LogP contribution >= 0.6 is 0 Å². The van der Waals surface area contributed by atoms with E-state index in [1.165, 1.54) is 22.3 Å². The van der Waals surface area contributed by atoms with E-state index >= 15 is 0 Å². The lowest BCUT2D eigenvalue weighted by Crippen LogP contribution is -2.00. The molecule has 1 aliphatic rings. The molecule has 1 aromatic rings. The first-order valence-electron chi connectivity index (χ1n) is 5.32. The summed E-state index contributed by atoms with van der Waals surface area (Å²) >= 11 is 0. The summed E-state index contributed by atoms with van der Waals surface area (Å²) in [5, 5.41) is 0. The van der Waals surface area contributed by atoms with Crippen molar-refractivity contribution in [1.29, 1.82) is 0 Å². The third-order valence-electron chi connectivity index (χ3n) is 2.95. The van der Waals surface area contributed by atoms with Crippen LogP contribution in [0.15, 0.2) is 48.6 Å². The Labute approximate surface area is 91.6 Å². The van der Waals surface area contributed by atoms with E-state index in [9.17, 15) is 0 Å². The molecule has 1 aliphatic carbocycles. The van der Waals surface area contributed by atoms with E-state index in [0.29, 0.717) is 0 Å². The van der Waals surface area contributed by atoms with Gasteiger partial charge in [-0.1, -0.05) is 49.1 Å². The molecule has 0 atom stereocenters. The molecule has 0 saturated heterocycles. The second-order valence-electron chi connectivity index (χ2n) is 4.10. The van der Waals surface area contributed by atoms with E-state index in [1.807, 2.05) is 6.08 Å². The predicted octanol–water partition coefficient (Wildman–Crippen LogP) is 4.07. The molecule has 0 fully saturated rings. The minimum Gasteiger partial charge on any atom is -0.0985 e. The predicted molar refractivity (Wildman–Crippen MR) is 66.8 cm³/mol. The van der Waals surface area contributed by atoms with Crippen molar-refractivity contribution in [3.63, 3.8) is 0 Å². The van der Waals surface area contributed by atoms with Gasteiger partial charge in [-0.25, -0.2) is 0 Å². The highest BCUT2D eigenvalue weighted by molar-refractivity contribution is 5.65. The molecule has 0 unspecified atom stereocenters. The maximum Gasteiger partial charge on any atom is -0.0221 e. The van der Waals surface area contributed by atoms with Crippen LogP contribution in [-0.2, 0) is 6.42 Å². The summed E-state index contributed by atoms with van der Waals surface area (Å²) < 4.78 is 0. The number of allylic oxidation sites excluding steroid dienone is 3. The molecule has 0 amide bonds. The normalized spacial score (nSPS) is 14.1. The first-order valence-corrected chi connectivity index (χ1v) is 5.32. The van der Waals surface area contributed by atoms with Crippen LogP contribution in [0.5, 0.6) is 0 Å². The standard InChI is InChI=1S/C15H16/c1-4-12(3)13-7-8-14-9-11(2)5-6-15(14)10-13/h4-6,9-10H,1,3,7-8H2,2H3. The second-order valence-corrected chi connectivity index (χ2v) is 4.10. The van der Waals surface area contributed by atoms with Crippen molar-refractivity contribution in [3.8, 4) is 0 Å². The molecule has 1 aromatic carbocycles. The van der Waals surface area contributed by atoms with Crippen molar-refractivity contribution >= 4 is 6.08 Å². The van der Waals surface area contributed by atoms with Crippen LogP contribution in [-0.4, -0.2) is 0 Å². The summed E-state index contributed by atoms with van der Waals surface area (Å²) in [7, 11) is 0. The smallest absolute Gasteiger partial charge is 0.0221 e. The molecular formula is C15H16. The molecule has 0 aromatic heterocycles. The molecule has 0 spiro atoms. The van der Waals surface area contributed by atoms with Crippen LogP contribution in [0.25, 0.3) is 6.08 Å². The maximum absolute atomic E-state index is 4.00. The van der Waals surface area contributed by atoms with Crippen molar-refractivity contribution in [2.45, 2.75) is 19.8 Å². The van der Waals surface area contributed by atoms with E-state index in [2.05, 4.69) is 44.4 Å². The molecular weight excluding hydrogens is 180 g/mol. The molecule has 0 aliphatic heterocycles. The third kappa shape index (κ3) is 1.94. The number of rotatable bonds is 2. The van der Waals surface area contributed by atoms with Gasteiger partial charge in [0.15, 0.2) is 0 Å². The molecule has 0 saturated carbocycles. The quantitative estimate of drug-likeness (QED) is 0.625. The molecule has 0 N–H and O–H groups in total. The lowest BCUT2D eigenvalue weighted by molar-refractivity contribution is 0.939. The van der Waals surface area contributed by atoms with Gasteiger partial charge in [0.2, 0.25) is 0 Å². The van der Waals surface area contributed by atoms with Gasteiger partial charge in [-0.3, -0.25) is 0 Å². The minimum absolute atomic E-state index is 1.06. The highest BCUT2D eigenvalue weighted by atomic mass is 14.2. The molecule has 0 bridgehead atoms. The van der Waals surface area contributed by atoms with Gasteiger partial charge in [-0.15, -0.1) is 0 Å². The summed E-state index contributed by atoms with van der Waals surface area (Å²) in [6, 6.07) is 6.63. The highest BCUT2D eigenvalue weighted by Crippen LogP contribution is 2.28. The zero-order valence-corrected chi connectivity index (χ0v) is 9.22. The van der Waals surface area contributed by atoms with Gasteiger partial charge in [0.25, 0.3) is 0 Å². The Balaban J connectivity index is 2.41. The Bertz CT molecular complexity index is 447. The van der Waals surface area contributed by atoms with Gasteiger partial charge in [-0.05, 0) is 42.0 Å². The van der Waals surface area contributed by atoms with E-state index in [1.54, 1.807) is 0 Å². The molecule has 76 valence electrons. The number of aryl methyl sites for hydroxylation is 2. The van der Waals surface area contributed by atoms with Crippen LogP contribution < -0.4 is 0 Å². The van der Waals surface area contributed by atoms with Gasteiger partial charge in [0, 0.05) is 0 Å². The molecule has 0 heteroatoms. The molecule has 0 radical (unpaired) electrons. The minimum atomic E-state index is 1.06. The van der Waals surface area contributed by atoms with Crippen molar-refractivity contribution < 1.29 is 0 Å². The Morgan fingerprint density at radius 2 is 2.13 bits per heavy atom. The highest BCUT2D eigenvalue weighted by Gasteiger charge is 2.10. The van der Waals surface area contributed by atoms with Gasteiger partial charge < -0.3 is 0 Å². The average molecular weight is 196 g/mol. The summed E-state index contributed by atoms with van der Waals surface area (Å²) in [4.78, 5) is 0. The van der Waals surface area contributed by atoms with Gasteiger partial charge >= 0.3 is 0 Å². The number of hydrogen-bond donors (Lipinski definition) is 0. The van der Waals surface area contributed by atoms with Gasteiger partial charge in [-0.2, -0.15) is 0 Å². The fourth-order valence-corrected chi connectivity index (χ4v) is 2.01. The fourth-order valence-electron chi connectivity index (χ4n) is 2.01. The number of hydrogen-bond acceptors (Lipinski definition) is 0. The second kappa shape index (κ2) is 3.90. The Morgan fingerprint density at radius 3 is 2.87 bits per heavy atom. The van der Waals surface area contributed by atoms with E-state index < -0.39 is 0 Å². The lowest BCUT2D eigenvalue weighted by Gasteiger charge is -2.17. The topological polar surface area (TPSA) is 0 Å². The number of fused-ring (bicyclic) bond motifs is 1. The zero-order valence-electron chi connectivity index (χ0n) is 9.22. The van der Waals surface area contributed by atoms with Crippen LogP contribution in [0.2, 0.25) is 0 Å². The van der Waals surface area contributed by atoms with E-state index in [-0.39, 0.29) is 0 Å². The van der Waals surface area contributed by atoms with E-state index in [0.717, 1.165) is 18.4 Å². The molecule has 15 heavy (non-hydrogen) atoms. The van der Waals surface area contributed by atoms with Crippen molar-refractivity contribution in [1.82, 2.24) is 0 Å². The summed E-state index contributed by atoms with van der Waals surface area (Å²) in [5.41, 5.74) is 6.51. The zero-order chi connectivity index (χ0) is 10.8. The first kappa shape index (κ1) is 9.97.